The molecule has 5 heteroatoms. The normalized spacial score (nSPS) is 27.5. The Balaban J connectivity index is 2.20. The summed E-state index contributed by atoms with van der Waals surface area (Å²) < 4.78 is 0. The molecule has 1 spiro atoms. The lowest BCUT2D eigenvalue weighted by Crippen LogP contribution is -2.41. The maximum atomic E-state index is 12.4. The minimum Gasteiger partial charge on any atom is -0.369 e. The van der Waals surface area contributed by atoms with E-state index >= 15 is 0 Å². The van der Waals surface area contributed by atoms with Gasteiger partial charge in [0.2, 0.25) is 0 Å². The molecule has 0 saturated carbocycles. The summed E-state index contributed by atoms with van der Waals surface area (Å²) in [5.74, 6) is 0.362. The second-order valence-corrected chi connectivity index (χ2v) is 6.08. The Labute approximate surface area is 104 Å². The van der Waals surface area contributed by atoms with Crippen LogP contribution in [0.25, 0.3) is 0 Å². The van der Waals surface area contributed by atoms with Gasteiger partial charge in [-0.2, -0.15) is 0 Å². The molecule has 0 aromatic carbocycles. The molecule has 1 atom stereocenters. The van der Waals surface area contributed by atoms with E-state index in [9.17, 15) is 4.79 Å². The third-order valence-electron chi connectivity index (χ3n) is 3.63. The van der Waals surface area contributed by atoms with Crippen molar-refractivity contribution in [3.8, 4) is 0 Å². The molecule has 1 amide bonds. The van der Waals surface area contributed by atoms with Crippen molar-refractivity contribution in [2.75, 3.05) is 7.05 Å². The summed E-state index contributed by atoms with van der Waals surface area (Å²) in [6.07, 6.45) is 2.84. The highest BCUT2D eigenvalue weighted by molar-refractivity contribution is 7.12. The Morgan fingerprint density at radius 3 is 3.00 bits per heavy atom. The maximum absolute atomic E-state index is 12.4. The van der Waals surface area contributed by atoms with Gasteiger partial charge in [0, 0.05) is 22.4 Å². The van der Waals surface area contributed by atoms with E-state index < -0.39 is 5.54 Å². The lowest BCUT2D eigenvalue weighted by Gasteiger charge is -2.29. The SMILES string of the molecule is Cc1cc2c(s1)CCC[C@]21N=C(N)N(C)C1=O. The zero-order valence-electron chi connectivity index (χ0n) is 9.99. The van der Waals surface area contributed by atoms with Crippen LogP contribution >= 0.6 is 11.3 Å². The molecule has 17 heavy (non-hydrogen) atoms. The van der Waals surface area contributed by atoms with Gasteiger partial charge in [-0.25, -0.2) is 4.99 Å². The number of aliphatic imine (C=N–C) groups is 1. The Morgan fingerprint density at radius 1 is 1.59 bits per heavy atom. The molecule has 2 N–H and O–H groups in total. The van der Waals surface area contributed by atoms with E-state index in [0.717, 1.165) is 24.8 Å². The minimum absolute atomic E-state index is 0.0220. The molecule has 2 aliphatic rings. The van der Waals surface area contributed by atoms with Crippen LogP contribution in [0, 0.1) is 6.92 Å². The molecular formula is C12H15N3OS. The first-order valence-electron chi connectivity index (χ1n) is 5.78. The van der Waals surface area contributed by atoms with Crippen LogP contribution in [0.2, 0.25) is 0 Å². The van der Waals surface area contributed by atoms with Gasteiger partial charge >= 0.3 is 0 Å². The lowest BCUT2D eigenvalue weighted by molar-refractivity contribution is -0.131. The number of rotatable bonds is 0. The van der Waals surface area contributed by atoms with Gasteiger partial charge in [0.15, 0.2) is 11.5 Å². The van der Waals surface area contributed by atoms with Crippen LogP contribution in [-0.2, 0) is 16.8 Å². The molecule has 0 radical (unpaired) electrons. The Kier molecular flexibility index (Phi) is 2.10. The first kappa shape index (κ1) is 10.8. The second kappa shape index (κ2) is 3.32. The van der Waals surface area contributed by atoms with Crippen LogP contribution in [0.1, 0.15) is 28.2 Å². The van der Waals surface area contributed by atoms with E-state index in [1.54, 1.807) is 18.4 Å². The fourth-order valence-electron chi connectivity index (χ4n) is 2.78. The molecule has 3 rings (SSSR count). The number of fused-ring (bicyclic) bond motifs is 2. The van der Waals surface area contributed by atoms with Gasteiger partial charge in [-0.1, -0.05) is 0 Å². The molecule has 1 aliphatic carbocycles. The molecular weight excluding hydrogens is 234 g/mol. The summed E-state index contributed by atoms with van der Waals surface area (Å²) in [4.78, 5) is 20.9. The molecule has 1 aliphatic heterocycles. The monoisotopic (exact) mass is 249 g/mol. The van der Waals surface area contributed by atoms with Gasteiger partial charge in [0.1, 0.15) is 0 Å². The Morgan fingerprint density at radius 2 is 2.35 bits per heavy atom. The van der Waals surface area contributed by atoms with Crippen molar-refractivity contribution >= 4 is 23.2 Å². The molecule has 0 unspecified atom stereocenters. The van der Waals surface area contributed by atoms with Crippen molar-refractivity contribution in [2.45, 2.75) is 31.7 Å². The van der Waals surface area contributed by atoms with Crippen molar-refractivity contribution in [3.63, 3.8) is 0 Å². The number of hydrogen-bond donors (Lipinski definition) is 1. The number of nitrogens with two attached hydrogens (primary N) is 1. The van der Waals surface area contributed by atoms with Crippen LogP contribution in [0.5, 0.6) is 0 Å². The highest BCUT2D eigenvalue weighted by atomic mass is 32.1. The second-order valence-electron chi connectivity index (χ2n) is 4.74. The average Bonchev–Trinajstić information content (AvgIpc) is 2.76. The smallest absolute Gasteiger partial charge is 0.261 e. The van der Waals surface area contributed by atoms with Crippen molar-refractivity contribution < 1.29 is 4.79 Å². The van der Waals surface area contributed by atoms with Gasteiger partial charge in [-0.3, -0.25) is 9.69 Å². The van der Waals surface area contributed by atoms with Crippen LogP contribution < -0.4 is 5.73 Å². The van der Waals surface area contributed by atoms with E-state index in [1.807, 2.05) is 0 Å². The molecule has 1 aromatic heterocycles. The Hall–Kier alpha value is -1.36. The number of thiophene rings is 1. The molecule has 1 aromatic rings. The highest BCUT2D eigenvalue weighted by Gasteiger charge is 2.50. The average molecular weight is 249 g/mol. The fourth-order valence-corrected chi connectivity index (χ4v) is 3.93. The van der Waals surface area contributed by atoms with Crippen molar-refractivity contribution in [3.05, 3.63) is 21.4 Å². The lowest BCUT2D eigenvalue weighted by atomic mass is 9.80. The zero-order valence-corrected chi connectivity index (χ0v) is 10.8. The topological polar surface area (TPSA) is 58.7 Å². The highest BCUT2D eigenvalue weighted by Crippen LogP contribution is 2.45. The van der Waals surface area contributed by atoms with Crippen LogP contribution in [0.15, 0.2) is 11.1 Å². The van der Waals surface area contributed by atoms with Gasteiger partial charge < -0.3 is 5.73 Å². The number of likely N-dealkylation sites (N-methyl/N-ethyl adjacent to an activating group) is 1. The van der Waals surface area contributed by atoms with E-state index in [4.69, 9.17) is 5.73 Å². The van der Waals surface area contributed by atoms with Gasteiger partial charge in [-0.15, -0.1) is 11.3 Å². The molecule has 0 fully saturated rings. The number of amides is 1. The first-order chi connectivity index (χ1) is 8.04. The number of guanidine groups is 1. The van der Waals surface area contributed by atoms with Crippen LogP contribution in [-0.4, -0.2) is 23.8 Å². The number of aryl methyl sites for hydroxylation is 2. The van der Waals surface area contributed by atoms with E-state index in [2.05, 4.69) is 18.0 Å². The molecule has 0 saturated heterocycles. The van der Waals surface area contributed by atoms with Gasteiger partial charge in [-0.05, 0) is 32.3 Å². The van der Waals surface area contributed by atoms with Crippen molar-refractivity contribution in [1.29, 1.82) is 0 Å². The molecule has 4 nitrogen and oxygen atoms in total. The largest absolute Gasteiger partial charge is 0.369 e. The van der Waals surface area contributed by atoms with Crippen LogP contribution in [0.4, 0.5) is 0 Å². The molecule has 90 valence electrons. The number of carbonyl (C=O) groups is 1. The fraction of sp³-hybridized carbons (Fsp3) is 0.500. The first-order valence-corrected chi connectivity index (χ1v) is 6.59. The van der Waals surface area contributed by atoms with E-state index in [1.165, 1.54) is 14.7 Å². The number of hydrogen-bond acceptors (Lipinski definition) is 4. The number of nitrogens with zero attached hydrogens (tertiary/aromatic N) is 2. The minimum atomic E-state index is -0.711. The van der Waals surface area contributed by atoms with Crippen LogP contribution in [0.3, 0.4) is 0 Å². The standard InChI is InChI=1S/C12H15N3OS/c1-7-6-8-9(17-7)4-3-5-12(8)10(16)15(2)11(13)14-12/h6H,3-5H2,1-2H3,(H2,13,14)/t12-/m0/s1. The predicted octanol–water partition coefficient (Wildman–Crippen LogP) is 1.37. The van der Waals surface area contributed by atoms with Crippen molar-refractivity contribution in [1.82, 2.24) is 4.90 Å². The zero-order chi connectivity index (χ0) is 12.2. The third kappa shape index (κ3) is 1.29. The summed E-state index contributed by atoms with van der Waals surface area (Å²) >= 11 is 1.77. The predicted molar refractivity (Wildman–Crippen MR) is 68.1 cm³/mol. The summed E-state index contributed by atoms with van der Waals surface area (Å²) in [7, 11) is 1.70. The molecule has 0 bridgehead atoms. The quantitative estimate of drug-likeness (QED) is 0.755. The third-order valence-corrected chi connectivity index (χ3v) is 4.74. The Bertz CT molecular complexity index is 534. The number of carbonyl (C=O) groups excluding carboxylic acids is 1. The maximum Gasteiger partial charge on any atom is 0.261 e. The summed E-state index contributed by atoms with van der Waals surface area (Å²) in [6.45, 7) is 2.08. The van der Waals surface area contributed by atoms with E-state index in [-0.39, 0.29) is 5.91 Å². The summed E-state index contributed by atoms with van der Waals surface area (Å²) in [5.41, 5.74) is 6.17. The van der Waals surface area contributed by atoms with E-state index in [0.29, 0.717) is 5.96 Å². The van der Waals surface area contributed by atoms with Gasteiger partial charge in [0.25, 0.3) is 5.91 Å². The molecule has 2 heterocycles. The summed E-state index contributed by atoms with van der Waals surface area (Å²) in [5, 5.41) is 0. The van der Waals surface area contributed by atoms with Crippen molar-refractivity contribution in [2.24, 2.45) is 10.7 Å². The van der Waals surface area contributed by atoms with Gasteiger partial charge in [0.05, 0.1) is 0 Å². The summed E-state index contributed by atoms with van der Waals surface area (Å²) in [6, 6.07) is 2.10.